The van der Waals surface area contributed by atoms with Crippen LogP contribution in [0.3, 0.4) is 0 Å². The first-order valence-corrected chi connectivity index (χ1v) is 3.24. The molecular weight excluding hydrogens is 98.1 g/mol. The zero-order valence-corrected chi connectivity index (χ0v) is 5.22. The van der Waals surface area contributed by atoms with Gasteiger partial charge in [0.1, 0.15) is 0 Å². The van der Waals surface area contributed by atoms with Crippen molar-refractivity contribution in [2.24, 2.45) is 11.8 Å². The van der Waals surface area contributed by atoms with Crippen LogP contribution < -0.4 is 0 Å². The summed E-state index contributed by atoms with van der Waals surface area (Å²) in [5.74, 6) is 1.04. The highest BCUT2D eigenvalue weighted by Gasteiger charge is 2.21. The maximum absolute atomic E-state index is 8.49. The average Bonchev–Trinajstić information content (AvgIpc) is 2.14. The Bertz CT molecular complexity index is 112. The normalized spacial score (nSPS) is 37.0. The van der Waals surface area contributed by atoms with Gasteiger partial charge < -0.3 is 0 Å². The van der Waals surface area contributed by atoms with Crippen LogP contribution in [0.2, 0.25) is 0 Å². The third kappa shape index (κ3) is 0.838. The molecule has 1 rings (SSSR count). The highest BCUT2D eigenvalue weighted by molar-refractivity contribution is 4.90. The Morgan fingerprint density at radius 2 is 2.25 bits per heavy atom. The molecule has 1 aliphatic rings. The highest BCUT2D eigenvalue weighted by Crippen LogP contribution is 2.29. The van der Waals surface area contributed by atoms with Gasteiger partial charge in [0.25, 0.3) is 0 Å². The molecule has 0 N–H and O–H groups in total. The zero-order valence-electron chi connectivity index (χ0n) is 5.22. The van der Waals surface area contributed by atoms with E-state index >= 15 is 0 Å². The molecule has 0 heterocycles. The first-order chi connectivity index (χ1) is 3.84. The van der Waals surface area contributed by atoms with Gasteiger partial charge >= 0.3 is 0 Å². The molecule has 8 heavy (non-hydrogen) atoms. The van der Waals surface area contributed by atoms with E-state index in [-0.39, 0.29) is 0 Å². The minimum absolute atomic E-state index is 0.370. The van der Waals surface area contributed by atoms with Crippen molar-refractivity contribution in [1.82, 2.24) is 0 Å². The Morgan fingerprint density at radius 3 is 2.50 bits per heavy atom. The summed E-state index contributed by atoms with van der Waals surface area (Å²) in [6.07, 6.45) is 3.66. The second-order valence-electron chi connectivity index (χ2n) is 2.64. The molecule has 0 aromatic heterocycles. The lowest BCUT2D eigenvalue weighted by Crippen LogP contribution is -1.98. The van der Waals surface area contributed by atoms with Gasteiger partial charge in [0.15, 0.2) is 0 Å². The van der Waals surface area contributed by atoms with Gasteiger partial charge in [0.2, 0.25) is 0 Å². The third-order valence-corrected chi connectivity index (χ3v) is 2.03. The van der Waals surface area contributed by atoms with E-state index in [4.69, 9.17) is 5.26 Å². The van der Waals surface area contributed by atoms with Gasteiger partial charge in [-0.1, -0.05) is 13.3 Å². The maximum atomic E-state index is 8.49. The van der Waals surface area contributed by atoms with Crippen LogP contribution in [0.15, 0.2) is 0 Å². The first kappa shape index (κ1) is 5.62. The van der Waals surface area contributed by atoms with E-state index in [1.165, 1.54) is 12.8 Å². The van der Waals surface area contributed by atoms with E-state index in [0.717, 1.165) is 6.42 Å². The summed E-state index contributed by atoms with van der Waals surface area (Å²) in [6, 6.07) is 2.31. The molecule has 0 unspecified atom stereocenters. The summed E-state index contributed by atoms with van der Waals surface area (Å²) < 4.78 is 0. The van der Waals surface area contributed by atoms with Crippen molar-refractivity contribution in [3.8, 4) is 6.07 Å². The van der Waals surface area contributed by atoms with Crippen LogP contribution in [0.4, 0.5) is 0 Å². The number of hydrogen-bond acceptors (Lipinski definition) is 1. The first-order valence-electron chi connectivity index (χ1n) is 3.24. The van der Waals surface area contributed by atoms with Gasteiger partial charge in [0, 0.05) is 5.92 Å². The van der Waals surface area contributed by atoms with Gasteiger partial charge in [-0.3, -0.25) is 0 Å². The predicted molar refractivity (Wildman–Crippen MR) is 32.1 cm³/mol. The SMILES string of the molecule is C[C@@H]1CCC[C@@H]1C#N. The van der Waals surface area contributed by atoms with Crippen LogP contribution in [0.25, 0.3) is 0 Å². The summed E-state index contributed by atoms with van der Waals surface area (Å²) in [4.78, 5) is 0. The van der Waals surface area contributed by atoms with Crippen LogP contribution in [0, 0.1) is 23.2 Å². The molecule has 0 aromatic carbocycles. The van der Waals surface area contributed by atoms with Crippen molar-refractivity contribution in [3.05, 3.63) is 0 Å². The summed E-state index contributed by atoms with van der Waals surface area (Å²) in [5, 5.41) is 8.49. The van der Waals surface area contributed by atoms with Crippen LogP contribution in [-0.2, 0) is 0 Å². The Morgan fingerprint density at radius 1 is 1.50 bits per heavy atom. The fraction of sp³-hybridized carbons (Fsp3) is 0.857. The molecule has 0 spiro atoms. The second kappa shape index (κ2) is 2.17. The number of hydrogen-bond donors (Lipinski definition) is 0. The maximum Gasteiger partial charge on any atom is 0.0658 e. The Hall–Kier alpha value is -0.510. The summed E-state index contributed by atoms with van der Waals surface area (Å²) >= 11 is 0. The lowest BCUT2D eigenvalue weighted by Gasteiger charge is -2.02. The summed E-state index contributed by atoms with van der Waals surface area (Å²) in [5.41, 5.74) is 0. The molecule has 0 radical (unpaired) electrons. The molecule has 1 heteroatoms. The Balaban J connectivity index is 2.45. The monoisotopic (exact) mass is 109 g/mol. The van der Waals surface area contributed by atoms with Gasteiger partial charge in [-0.2, -0.15) is 5.26 Å². The Kier molecular flexibility index (Phi) is 1.53. The summed E-state index contributed by atoms with van der Waals surface area (Å²) in [6.45, 7) is 2.17. The van der Waals surface area contributed by atoms with Gasteiger partial charge in [0.05, 0.1) is 6.07 Å². The smallest absolute Gasteiger partial charge is 0.0658 e. The van der Waals surface area contributed by atoms with E-state index in [2.05, 4.69) is 13.0 Å². The van der Waals surface area contributed by atoms with Gasteiger partial charge in [-0.05, 0) is 18.8 Å². The minimum atomic E-state index is 0.370. The fourth-order valence-corrected chi connectivity index (χ4v) is 1.34. The van der Waals surface area contributed by atoms with Crippen LogP contribution in [-0.4, -0.2) is 0 Å². The number of rotatable bonds is 0. The molecule has 0 amide bonds. The van der Waals surface area contributed by atoms with E-state index in [1.807, 2.05) is 0 Å². The molecule has 1 nitrogen and oxygen atoms in total. The molecule has 1 fully saturated rings. The van der Waals surface area contributed by atoms with Gasteiger partial charge in [-0.25, -0.2) is 0 Å². The molecule has 0 aromatic rings. The van der Waals surface area contributed by atoms with Crippen molar-refractivity contribution in [2.45, 2.75) is 26.2 Å². The van der Waals surface area contributed by atoms with Gasteiger partial charge in [-0.15, -0.1) is 0 Å². The van der Waals surface area contributed by atoms with Crippen molar-refractivity contribution in [2.75, 3.05) is 0 Å². The minimum Gasteiger partial charge on any atom is -0.198 e. The molecule has 1 saturated carbocycles. The topological polar surface area (TPSA) is 23.8 Å². The quantitative estimate of drug-likeness (QED) is 0.466. The van der Waals surface area contributed by atoms with Crippen molar-refractivity contribution in [1.29, 1.82) is 5.26 Å². The zero-order chi connectivity index (χ0) is 5.98. The molecule has 44 valence electrons. The molecule has 2 atom stereocenters. The van der Waals surface area contributed by atoms with Crippen LogP contribution in [0.1, 0.15) is 26.2 Å². The molecule has 0 saturated heterocycles. The standard InChI is InChI=1S/C7H11N/c1-6-3-2-4-7(6)5-8/h6-7H,2-4H2,1H3/t6-,7-/m1/s1. The lowest BCUT2D eigenvalue weighted by atomic mass is 10.0. The van der Waals surface area contributed by atoms with E-state index in [0.29, 0.717) is 11.8 Å². The van der Waals surface area contributed by atoms with E-state index < -0.39 is 0 Å². The average molecular weight is 109 g/mol. The van der Waals surface area contributed by atoms with Crippen LogP contribution >= 0.6 is 0 Å². The molecule has 1 aliphatic carbocycles. The largest absolute Gasteiger partial charge is 0.198 e. The number of nitriles is 1. The van der Waals surface area contributed by atoms with Crippen molar-refractivity contribution in [3.63, 3.8) is 0 Å². The lowest BCUT2D eigenvalue weighted by molar-refractivity contribution is 0.514. The highest BCUT2D eigenvalue weighted by atomic mass is 14.3. The molecular formula is C7H11N. The van der Waals surface area contributed by atoms with Crippen molar-refractivity contribution >= 4 is 0 Å². The van der Waals surface area contributed by atoms with Crippen LogP contribution in [0.5, 0.6) is 0 Å². The Labute approximate surface area is 50.3 Å². The van der Waals surface area contributed by atoms with E-state index in [9.17, 15) is 0 Å². The predicted octanol–water partition coefficient (Wildman–Crippen LogP) is 1.95. The summed E-state index contributed by atoms with van der Waals surface area (Å²) in [7, 11) is 0. The molecule has 0 aliphatic heterocycles. The van der Waals surface area contributed by atoms with E-state index in [1.54, 1.807) is 0 Å². The number of nitrogens with zero attached hydrogens (tertiary/aromatic N) is 1. The third-order valence-electron chi connectivity index (χ3n) is 2.03. The fourth-order valence-electron chi connectivity index (χ4n) is 1.34. The second-order valence-corrected chi connectivity index (χ2v) is 2.64. The van der Waals surface area contributed by atoms with Crippen molar-refractivity contribution < 1.29 is 0 Å². The molecule has 0 bridgehead atoms.